The van der Waals surface area contributed by atoms with Crippen LogP contribution in [0.5, 0.6) is 5.75 Å². The van der Waals surface area contributed by atoms with Crippen LogP contribution in [0.25, 0.3) is 0 Å². The molecule has 1 aliphatic heterocycles. The van der Waals surface area contributed by atoms with Gasteiger partial charge >= 0.3 is 0 Å². The van der Waals surface area contributed by atoms with Crippen molar-refractivity contribution < 1.29 is 19.4 Å². The molecule has 1 amide bonds. The maximum atomic E-state index is 12.7. The predicted molar refractivity (Wildman–Crippen MR) is 89.7 cm³/mol. The third kappa shape index (κ3) is 3.79. The predicted octanol–water partition coefficient (Wildman–Crippen LogP) is 3.11. The van der Waals surface area contributed by atoms with E-state index in [2.05, 4.69) is 0 Å². The number of phenolic OH excluding ortho intramolecular Hbond substituents is 1. The Bertz CT molecular complexity index is 694. The summed E-state index contributed by atoms with van der Waals surface area (Å²) in [6.45, 7) is 0.535. The number of phenols is 1. The Morgan fingerprint density at radius 2 is 2.12 bits per heavy atom. The quantitative estimate of drug-likeness (QED) is 0.884. The molecule has 2 heterocycles. The van der Waals surface area contributed by atoms with Gasteiger partial charge < -0.3 is 19.5 Å². The summed E-state index contributed by atoms with van der Waals surface area (Å²) < 4.78 is 5.40. The number of hydrogen-bond acceptors (Lipinski definition) is 4. The van der Waals surface area contributed by atoms with E-state index in [9.17, 15) is 9.90 Å². The zero-order chi connectivity index (χ0) is 16.9. The second kappa shape index (κ2) is 7.53. The highest BCUT2D eigenvalue weighted by Gasteiger charge is 2.28. The first-order chi connectivity index (χ1) is 11.7. The molecular weight excluding hydrogens is 306 g/mol. The van der Waals surface area contributed by atoms with Gasteiger partial charge in [0.25, 0.3) is 5.91 Å². The van der Waals surface area contributed by atoms with E-state index in [1.165, 1.54) is 0 Å². The van der Waals surface area contributed by atoms with Crippen LogP contribution in [0, 0.1) is 0 Å². The first-order valence-corrected chi connectivity index (χ1v) is 8.46. The first-order valence-electron chi connectivity index (χ1n) is 8.46. The molecule has 0 radical (unpaired) electrons. The summed E-state index contributed by atoms with van der Waals surface area (Å²) in [4.78, 5) is 14.6. The van der Waals surface area contributed by atoms with Crippen LogP contribution in [0.15, 0.2) is 40.8 Å². The van der Waals surface area contributed by atoms with E-state index >= 15 is 0 Å². The molecule has 128 valence electrons. The van der Waals surface area contributed by atoms with Crippen molar-refractivity contribution in [1.29, 1.82) is 0 Å². The molecule has 0 bridgehead atoms. The third-order valence-electron chi connectivity index (χ3n) is 4.59. The van der Waals surface area contributed by atoms with E-state index in [0.29, 0.717) is 11.5 Å². The average Bonchev–Trinajstić information content (AvgIpc) is 3.09. The van der Waals surface area contributed by atoms with Gasteiger partial charge in [-0.05, 0) is 61.9 Å². The number of aryl methyl sites for hydroxylation is 1. The Morgan fingerprint density at radius 3 is 2.88 bits per heavy atom. The van der Waals surface area contributed by atoms with Gasteiger partial charge in [0.2, 0.25) is 0 Å². The Balaban J connectivity index is 1.67. The van der Waals surface area contributed by atoms with Crippen LogP contribution >= 0.6 is 0 Å². The molecule has 0 aliphatic carbocycles. The zero-order valence-electron chi connectivity index (χ0n) is 13.6. The van der Waals surface area contributed by atoms with Crippen molar-refractivity contribution in [2.45, 2.75) is 44.8 Å². The number of carbonyl (C=O) groups excluding carboxylic acids is 1. The standard InChI is InChI=1S/C19H23NO4/c21-13-17-9-10-18(24-17)19(23)20-11-2-1-5-15(20)8-7-14-4-3-6-16(22)12-14/h3-4,6,9-10,12,15,21-22H,1-2,5,7-8,11,13H2/t15-/m0/s1. The van der Waals surface area contributed by atoms with Crippen LogP contribution in [-0.4, -0.2) is 33.6 Å². The van der Waals surface area contributed by atoms with Gasteiger partial charge in [0.1, 0.15) is 18.1 Å². The van der Waals surface area contributed by atoms with Gasteiger partial charge in [-0.25, -0.2) is 0 Å². The molecule has 1 atom stereocenters. The van der Waals surface area contributed by atoms with E-state index in [1.54, 1.807) is 24.3 Å². The van der Waals surface area contributed by atoms with Crippen molar-refractivity contribution in [3.63, 3.8) is 0 Å². The average molecular weight is 329 g/mol. The van der Waals surface area contributed by atoms with Gasteiger partial charge in [0.05, 0.1) is 0 Å². The minimum atomic E-state index is -0.200. The van der Waals surface area contributed by atoms with Crippen molar-refractivity contribution in [2.24, 2.45) is 0 Å². The molecule has 2 aromatic rings. The van der Waals surface area contributed by atoms with Gasteiger partial charge in [-0.1, -0.05) is 12.1 Å². The van der Waals surface area contributed by atoms with E-state index in [0.717, 1.165) is 44.2 Å². The molecule has 1 aliphatic rings. The van der Waals surface area contributed by atoms with Crippen molar-refractivity contribution in [1.82, 2.24) is 4.90 Å². The van der Waals surface area contributed by atoms with Crippen LogP contribution in [-0.2, 0) is 13.0 Å². The maximum absolute atomic E-state index is 12.7. The van der Waals surface area contributed by atoms with Crippen molar-refractivity contribution in [3.8, 4) is 5.75 Å². The number of nitrogens with zero attached hydrogens (tertiary/aromatic N) is 1. The molecule has 0 unspecified atom stereocenters. The number of aliphatic hydroxyl groups excluding tert-OH is 1. The van der Waals surface area contributed by atoms with Gasteiger partial charge in [-0.2, -0.15) is 0 Å². The van der Waals surface area contributed by atoms with Crippen LogP contribution in [0.3, 0.4) is 0 Å². The van der Waals surface area contributed by atoms with Crippen molar-refractivity contribution in [2.75, 3.05) is 6.54 Å². The lowest BCUT2D eigenvalue weighted by atomic mass is 9.95. The summed E-state index contributed by atoms with van der Waals surface area (Å²) in [6, 6.07) is 10.7. The minimum Gasteiger partial charge on any atom is -0.508 e. The third-order valence-corrected chi connectivity index (χ3v) is 4.59. The van der Waals surface area contributed by atoms with Crippen LogP contribution in [0.4, 0.5) is 0 Å². The number of amides is 1. The Labute approximate surface area is 141 Å². The number of likely N-dealkylation sites (tertiary alicyclic amines) is 1. The highest BCUT2D eigenvalue weighted by molar-refractivity contribution is 5.91. The molecule has 2 N–H and O–H groups in total. The first kappa shape index (κ1) is 16.6. The monoisotopic (exact) mass is 329 g/mol. The van der Waals surface area contributed by atoms with Crippen LogP contribution in [0.2, 0.25) is 0 Å². The summed E-state index contributed by atoms with van der Waals surface area (Å²) in [5.74, 6) is 0.876. The summed E-state index contributed by atoms with van der Waals surface area (Å²) in [5, 5.41) is 18.7. The molecule has 24 heavy (non-hydrogen) atoms. The Morgan fingerprint density at radius 1 is 1.25 bits per heavy atom. The van der Waals surface area contributed by atoms with E-state index in [-0.39, 0.29) is 24.3 Å². The molecule has 0 spiro atoms. The molecule has 0 saturated carbocycles. The lowest BCUT2D eigenvalue weighted by molar-refractivity contribution is 0.0565. The second-order valence-electron chi connectivity index (χ2n) is 6.28. The minimum absolute atomic E-state index is 0.102. The van der Waals surface area contributed by atoms with Crippen molar-refractivity contribution >= 4 is 5.91 Å². The molecule has 1 saturated heterocycles. The lowest BCUT2D eigenvalue weighted by Gasteiger charge is -2.35. The van der Waals surface area contributed by atoms with E-state index < -0.39 is 0 Å². The normalized spacial score (nSPS) is 17.9. The highest BCUT2D eigenvalue weighted by atomic mass is 16.4. The van der Waals surface area contributed by atoms with Gasteiger partial charge in [-0.3, -0.25) is 4.79 Å². The number of benzene rings is 1. The molecule has 1 aromatic heterocycles. The van der Waals surface area contributed by atoms with E-state index in [1.807, 2.05) is 17.0 Å². The topological polar surface area (TPSA) is 73.9 Å². The van der Waals surface area contributed by atoms with Crippen LogP contribution in [0.1, 0.15) is 47.6 Å². The summed E-state index contributed by atoms with van der Waals surface area (Å²) in [5.41, 5.74) is 1.08. The van der Waals surface area contributed by atoms with Gasteiger partial charge in [0, 0.05) is 12.6 Å². The number of rotatable bonds is 5. The smallest absolute Gasteiger partial charge is 0.289 e. The SMILES string of the molecule is O=C(c1ccc(CO)o1)N1CCCC[C@H]1CCc1cccc(O)c1. The number of furan rings is 1. The summed E-state index contributed by atoms with van der Waals surface area (Å²) in [7, 11) is 0. The molecule has 5 heteroatoms. The zero-order valence-corrected chi connectivity index (χ0v) is 13.6. The molecule has 1 aromatic carbocycles. The number of aliphatic hydroxyl groups is 1. The highest BCUT2D eigenvalue weighted by Crippen LogP contribution is 2.24. The lowest BCUT2D eigenvalue weighted by Crippen LogP contribution is -2.43. The largest absolute Gasteiger partial charge is 0.508 e. The molecule has 5 nitrogen and oxygen atoms in total. The Hall–Kier alpha value is -2.27. The number of piperidine rings is 1. The van der Waals surface area contributed by atoms with Crippen molar-refractivity contribution in [3.05, 3.63) is 53.5 Å². The number of aromatic hydroxyl groups is 1. The Kier molecular flexibility index (Phi) is 5.20. The molecular formula is C19H23NO4. The fourth-order valence-corrected chi connectivity index (χ4v) is 3.33. The molecule has 3 rings (SSSR count). The van der Waals surface area contributed by atoms with Gasteiger partial charge in [0.15, 0.2) is 5.76 Å². The summed E-state index contributed by atoms with van der Waals surface area (Å²) >= 11 is 0. The molecule has 1 fully saturated rings. The summed E-state index contributed by atoms with van der Waals surface area (Å²) in [6.07, 6.45) is 4.79. The van der Waals surface area contributed by atoms with Gasteiger partial charge in [-0.15, -0.1) is 0 Å². The van der Waals surface area contributed by atoms with Crippen LogP contribution < -0.4 is 0 Å². The van der Waals surface area contributed by atoms with E-state index in [4.69, 9.17) is 9.52 Å². The second-order valence-corrected chi connectivity index (χ2v) is 6.28. The fourth-order valence-electron chi connectivity index (χ4n) is 3.33. The maximum Gasteiger partial charge on any atom is 0.289 e. The number of carbonyl (C=O) groups is 1. The number of hydrogen-bond donors (Lipinski definition) is 2. The fraction of sp³-hybridized carbons (Fsp3) is 0.421.